The molecule has 7 nitrogen and oxygen atoms in total. The molecule has 28 heavy (non-hydrogen) atoms. The van der Waals surface area contributed by atoms with E-state index in [4.69, 9.17) is 15.2 Å². The van der Waals surface area contributed by atoms with Crippen molar-refractivity contribution in [3.8, 4) is 17.0 Å². The minimum absolute atomic E-state index is 0.535. The number of aromatic nitrogens is 2. The topological polar surface area (TPSA) is 85.5 Å². The summed E-state index contributed by atoms with van der Waals surface area (Å²) < 4.78 is 10.7. The molecule has 144 valence electrons. The maximum absolute atomic E-state index is 5.90. The van der Waals surface area contributed by atoms with Crippen molar-refractivity contribution in [2.45, 2.75) is 0 Å². The third-order valence-corrected chi connectivity index (χ3v) is 4.68. The van der Waals surface area contributed by atoms with Gasteiger partial charge in [0.05, 0.1) is 31.7 Å². The van der Waals surface area contributed by atoms with Crippen LogP contribution >= 0.6 is 0 Å². The molecule has 3 N–H and O–H groups in total. The lowest BCUT2D eigenvalue weighted by Crippen LogP contribution is -2.36. The molecule has 4 rings (SSSR count). The first-order valence-corrected chi connectivity index (χ1v) is 9.19. The molecule has 0 aliphatic carbocycles. The Labute approximate surface area is 164 Å². The van der Waals surface area contributed by atoms with Crippen molar-refractivity contribution < 1.29 is 9.47 Å². The van der Waals surface area contributed by atoms with Crippen molar-refractivity contribution in [3.63, 3.8) is 0 Å². The summed E-state index contributed by atoms with van der Waals surface area (Å²) in [5.74, 6) is 1.16. The highest BCUT2D eigenvalue weighted by Gasteiger charge is 2.11. The lowest BCUT2D eigenvalue weighted by molar-refractivity contribution is 0.122. The number of methoxy groups -OCH3 is 1. The molecule has 0 atom stereocenters. The molecule has 0 spiro atoms. The standard InChI is InChI=1S/C21H23N5O2/c1-27-20-14-15(2-7-18(20)22)19-8-9-23-21(25-19)24-16-3-5-17(6-4-16)26-10-12-28-13-11-26/h2-9,14H,10-13,22H2,1H3,(H,23,24,25). The second-order valence-corrected chi connectivity index (χ2v) is 6.49. The van der Waals surface area contributed by atoms with Gasteiger partial charge in [-0.3, -0.25) is 0 Å². The fraction of sp³-hybridized carbons (Fsp3) is 0.238. The molecule has 1 aromatic heterocycles. The molecule has 0 radical (unpaired) electrons. The zero-order valence-electron chi connectivity index (χ0n) is 15.8. The highest BCUT2D eigenvalue weighted by Crippen LogP contribution is 2.28. The third kappa shape index (κ3) is 3.99. The molecular weight excluding hydrogens is 354 g/mol. The van der Waals surface area contributed by atoms with E-state index >= 15 is 0 Å². The molecular formula is C21H23N5O2. The summed E-state index contributed by atoms with van der Waals surface area (Å²) in [5, 5.41) is 3.26. The number of benzene rings is 2. The van der Waals surface area contributed by atoms with Gasteiger partial charge in [-0.1, -0.05) is 6.07 Å². The van der Waals surface area contributed by atoms with E-state index in [1.807, 2.05) is 36.4 Å². The lowest BCUT2D eigenvalue weighted by Gasteiger charge is -2.28. The van der Waals surface area contributed by atoms with E-state index in [2.05, 4.69) is 32.3 Å². The van der Waals surface area contributed by atoms with E-state index in [-0.39, 0.29) is 0 Å². The summed E-state index contributed by atoms with van der Waals surface area (Å²) in [6.07, 6.45) is 1.73. The van der Waals surface area contributed by atoms with Crippen molar-refractivity contribution in [2.24, 2.45) is 0 Å². The van der Waals surface area contributed by atoms with Crippen molar-refractivity contribution in [3.05, 3.63) is 54.7 Å². The summed E-state index contributed by atoms with van der Waals surface area (Å²) in [5.41, 5.74) is 10.3. The summed E-state index contributed by atoms with van der Waals surface area (Å²) >= 11 is 0. The Bertz CT molecular complexity index is 940. The Hall–Kier alpha value is -3.32. The van der Waals surface area contributed by atoms with Gasteiger partial charge < -0.3 is 25.4 Å². The van der Waals surface area contributed by atoms with Gasteiger partial charge >= 0.3 is 0 Å². The number of anilines is 4. The van der Waals surface area contributed by atoms with E-state index in [0.717, 1.165) is 43.2 Å². The first-order valence-electron chi connectivity index (χ1n) is 9.19. The van der Waals surface area contributed by atoms with Crippen LogP contribution in [0.3, 0.4) is 0 Å². The van der Waals surface area contributed by atoms with E-state index in [1.165, 1.54) is 5.69 Å². The third-order valence-electron chi connectivity index (χ3n) is 4.68. The Kier molecular flexibility index (Phi) is 5.25. The molecule has 1 aliphatic heterocycles. The van der Waals surface area contributed by atoms with Gasteiger partial charge in [0.1, 0.15) is 5.75 Å². The van der Waals surface area contributed by atoms with E-state index in [1.54, 1.807) is 13.3 Å². The van der Waals surface area contributed by atoms with Gasteiger partial charge in [-0.05, 0) is 42.5 Å². The lowest BCUT2D eigenvalue weighted by atomic mass is 10.1. The molecule has 7 heteroatoms. The zero-order chi connectivity index (χ0) is 19.3. The van der Waals surface area contributed by atoms with Crippen LogP contribution in [-0.2, 0) is 4.74 Å². The van der Waals surface area contributed by atoms with E-state index in [0.29, 0.717) is 17.4 Å². The van der Waals surface area contributed by atoms with Crippen LogP contribution in [0.5, 0.6) is 5.75 Å². The summed E-state index contributed by atoms with van der Waals surface area (Å²) in [6, 6.07) is 15.7. The van der Waals surface area contributed by atoms with Crippen LogP contribution in [0, 0.1) is 0 Å². The highest BCUT2D eigenvalue weighted by atomic mass is 16.5. The number of rotatable bonds is 5. The number of hydrogen-bond donors (Lipinski definition) is 2. The van der Waals surface area contributed by atoms with Crippen molar-refractivity contribution in [1.82, 2.24) is 9.97 Å². The average molecular weight is 377 g/mol. The SMILES string of the molecule is COc1cc(-c2ccnc(Nc3ccc(N4CCOCC4)cc3)n2)ccc1N. The molecule has 0 unspecified atom stereocenters. The quantitative estimate of drug-likeness (QED) is 0.660. The first kappa shape index (κ1) is 18.1. The van der Waals surface area contributed by atoms with Crippen molar-refractivity contribution >= 4 is 23.0 Å². The Morgan fingerprint density at radius 2 is 1.86 bits per heavy atom. The molecule has 1 saturated heterocycles. The Balaban J connectivity index is 1.50. The van der Waals surface area contributed by atoms with Gasteiger partial charge in [-0.15, -0.1) is 0 Å². The molecule has 2 heterocycles. The molecule has 1 aliphatic rings. The van der Waals surface area contributed by atoms with Gasteiger partial charge in [-0.2, -0.15) is 0 Å². The average Bonchev–Trinajstić information content (AvgIpc) is 2.75. The molecule has 3 aromatic rings. The number of nitrogen functional groups attached to an aromatic ring is 1. The second-order valence-electron chi connectivity index (χ2n) is 6.49. The van der Waals surface area contributed by atoms with Crippen LogP contribution in [0.4, 0.5) is 23.0 Å². The molecule has 1 fully saturated rings. The van der Waals surface area contributed by atoms with Gasteiger partial charge in [0.25, 0.3) is 0 Å². The van der Waals surface area contributed by atoms with Crippen LogP contribution in [0.1, 0.15) is 0 Å². The highest BCUT2D eigenvalue weighted by molar-refractivity contribution is 5.68. The fourth-order valence-corrected chi connectivity index (χ4v) is 3.16. The number of ether oxygens (including phenoxy) is 2. The van der Waals surface area contributed by atoms with Crippen LogP contribution in [0.15, 0.2) is 54.7 Å². The Morgan fingerprint density at radius 1 is 1.07 bits per heavy atom. The fourth-order valence-electron chi connectivity index (χ4n) is 3.16. The summed E-state index contributed by atoms with van der Waals surface area (Å²) in [4.78, 5) is 11.3. The second kappa shape index (κ2) is 8.14. The van der Waals surface area contributed by atoms with Crippen LogP contribution in [0.2, 0.25) is 0 Å². The number of hydrogen-bond acceptors (Lipinski definition) is 7. The molecule has 0 amide bonds. The zero-order valence-corrected chi connectivity index (χ0v) is 15.8. The Morgan fingerprint density at radius 3 is 2.61 bits per heavy atom. The van der Waals surface area contributed by atoms with Crippen LogP contribution in [-0.4, -0.2) is 43.4 Å². The molecule has 0 saturated carbocycles. The van der Waals surface area contributed by atoms with Crippen molar-refractivity contribution in [2.75, 3.05) is 49.4 Å². The van der Waals surface area contributed by atoms with Gasteiger partial charge in [0.15, 0.2) is 0 Å². The maximum atomic E-state index is 5.90. The van der Waals surface area contributed by atoms with Gasteiger partial charge in [0.2, 0.25) is 5.95 Å². The minimum atomic E-state index is 0.535. The van der Waals surface area contributed by atoms with Gasteiger partial charge in [-0.25, -0.2) is 9.97 Å². The summed E-state index contributed by atoms with van der Waals surface area (Å²) in [7, 11) is 1.60. The summed E-state index contributed by atoms with van der Waals surface area (Å²) in [6.45, 7) is 3.39. The predicted octanol–water partition coefficient (Wildman–Crippen LogP) is 3.31. The smallest absolute Gasteiger partial charge is 0.227 e. The molecule has 2 aromatic carbocycles. The number of nitrogens with one attached hydrogen (secondary N) is 1. The maximum Gasteiger partial charge on any atom is 0.227 e. The van der Waals surface area contributed by atoms with Crippen LogP contribution in [0.25, 0.3) is 11.3 Å². The molecule has 0 bridgehead atoms. The normalized spacial score (nSPS) is 14.0. The number of nitrogens with two attached hydrogens (primary N) is 1. The predicted molar refractivity (Wildman–Crippen MR) is 111 cm³/mol. The number of nitrogens with zero attached hydrogens (tertiary/aromatic N) is 3. The first-order chi connectivity index (χ1) is 13.7. The monoisotopic (exact) mass is 377 g/mol. The van der Waals surface area contributed by atoms with Crippen LogP contribution < -0.4 is 20.7 Å². The van der Waals surface area contributed by atoms with E-state index in [9.17, 15) is 0 Å². The van der Waals surface area contributed by atoms with Gasteiger partial charge in [0, 0.05) is 36.2 Å². The largest absolute Gasteiger partial charge is 0.495 e. The minimum Gasteiger partial charge on any atom is -0.495 e. The number of morpholine rings is 1. The van der Waals surface area contributed by atoms with E-state index < -0.39 is 0 Å². The van der Waals surface area contributed by atoms with Crippen molar-refractivity contribution in [1.29, 1.82) is 0 Å².